The number of hydrogen-bond donors (Lipinski definition) is 1. The molecular formula is C15H15F2NO2S. The summed E-state index contributed by atoms with van der Waals surface area (Å²) in [6.07, 6.45) is 1.12. The van der Waals surface area contributed by atoms with E-state index in [0.717, 1.165) is 6.26 Å². The van der Waals surface area contributed by atoms with Gasteiger partial charge >= 0.3 is 0 Å². The summed E-state index contributed by atoms with van der Waals surface area (Å²) >= 11 is 0. The quantitative estimate of drug-likeness (QED) is 0.942. The zero-order valence-corrected chi connectivity index (χ0v) is 12.5. The summed E-state index contributed by atoms with van der Waals surface area (Å²) in [5, 5.41) is 2.84. The fourth-order valence-corrected chi connectivity index (χ4v) is 3.00. The summed E-state index contributed by atoms with van der Waals surface area (Å²) in [5.74, 6) is -1.28. The fraction of sp³-hybridized carbons (Fsp3) is 0.200. The second-order valence-electron chi connectivity index (χ2n) is 4.81. The summed E-state index contributed by atoms with van der Waals surface area (Å²) < 4.78 is 50.3. The van der Waals surface area contributed by atoms with Crippen LogP contribution in [0.2, 0.25) is 0 Å². The lowest BCUT2D eigenvalue weighted by Gasteiger charge is -2.11. The van der Waals surface area contributed by atoms with Gasteiger partial charge in [0, 0.05) is 24.1 Å². The van der Waals surface area contributed by atoms with E-state index in [1.165, 1.54) is 24.3 Å². The number of halogens is 2. The van der Waals surface area contributed by atoms with Crippen LogP contribution in [0.15, 0.2) is 41.3 Å². The average Bonchev–Trinajstić information content (AvgIpc) is 2.38. The largest absolute Gasteiger partial charge is 0.381 e. The molecule has 2 rings (SSSR count). The van der Waals surface area contributed by atoms with Crippen LogP contribution in [0.3, 0.4) is 0 Å². The molecule has 2 aromatic carbocycles. The maximum absolute atomic E-state index is 13.5. The third-order valence-electron chi connectivity index (χ3n) is 3.12. The molecule has 6 heteroatoms. The van der Waals surface area contributed by atoms with Crippen molar-refractivity contribution in [2.24, 2.45) is 0 Å². The molecule has 0 aliphatic carbocycles. The number of rotatable bonds is 4. The summed E-state index contributed by atoms with van der Waals surface area (Å²) in [4.78, 5) is 0.196. The lowest BCUT2D eigenvalue weighted by atomic mass is 10.2. The Hall–Kier alpha value is -1.95. The molecule has 0 amide bonds. The van der Waals surface area contributed by atoms with E-state index in [0.29, 0.717) is 11.3 Å². The highest BCUT2D eigenvalue weighted by molar-refractivity contribution is 7.90. The maximum atomic E-state index is 13.5. The second-order valence-corrected chi connectivity index (χ2v) is 6.79. The van der Waals surface area contributed by atoms with Gasteiger partial charge in [-0.2, -0.15) is 0 Å². The van der Waals surface area contributed by atoms with Crippen molar-refractivity contribution in [1.82, 2.24) is 0 Å². The topological polar surface area (TPSA) is 46.2 Å². The molecule has 0 aliphatic rings. The first-order chi connectivity index (χ1) is 9.79. The van der Waals surface area contributed by atoms with Gasteiger partial charge < -0.3 is 5.32 Å². The van der Waals surface area contributed by atoms with Gasteiger partial charge in [0.05, 0.1) is 4.90 Å². The molecule has 112 valence electrons. The number of sulfone groups is 1. The van der Waals surface area contributed by atoms with Crippen LogP contribution in [-0.2, 0) is 16.4 Å². The van der Waals surface area contributed by atoms with Crippen molar-refractivity contribution in [3.05, 3.63) is 59.2 Å². The van der Waals surface area contributed by atoms with Crippen molar-refractivity contribution in [2.45, 2.75) is 18.4 Å². The molecule has 3 nitrogen and oxygen atoms in total. The molecule has 0 atom stereocenters. The first kappa shape index (κ1) is 15.4. The van der Waals surface area contributed by atoms with Gasteiger partial charge in [-0.1, -0.05) is 12.1 Å². The summed E-state index contributed by atoms with van der Waals surface area (Å²) in [7, 11) is -3.34. The van der Waals surface area contributed by atoms with Gasteiger partial charge in [-0.3, -0.25) is 0 Å². The monoisotopic (exact) mass is 311 g/mol. The van der Waals surface area contributed by atoms with Crippen LogP contribution in [0.25, 0.3) is 0 Å². The summed E-state index contributed by atoms with van der Waals surface area (Å²) in [5.41, 5.74) is 1.03. The van der Waals surface area contributed by atoms with Crippen molar-refractivity contribution in [3.8, 4) is 0 Å². The SMILES string of the molecule is Cc1ccc(NCc2c(F)cccc2F)cc1S(C)(=O)=O. The number of benzene rings is 2. The Kier molecular flexibility index (Phi) is 4.27. The minimum atomic E-state index is -3.34. The van der Waals surface area contributed by atoms with Crippen molar-refractivity contribution in [2.75, 3.05) is 11.6 Å². The fourth-order valence-electron chi connectivity index (χ4n) is 2.00. The van der Waals surface area contributed by atoms with Crippen molar-refractivity contribution >= 4 is 15.5 Å². The number of nitrogens with one attached hydrogen (secondary N) is 1. The standard InChI is InChI=1S/C15H15F2NO2S/c1-10-6-7-11(8-15(10)21(2,19)20)18-9-12-13(16)4-3-5-14(12)17/h3-8,18H,9H2,1-2H3. The molecule has 21 heavy (non-hydrogen) atoms. The van der Waals surface area contributed by atoms with Gasteiger partial charge in [-0.25, -0.2) is 17.2 Å². The molecule has 0 saturated heterocycles. The van der Waals surface area contributed by atoms with Crippen molar-refractivity contribution in [3.63, 3.8) is 0 Å². The smallest absolute Gasteiger partial charge is 0.175 e. The summed E-state index contributed by atoms with van der Waals surface area (Å²) in [6, 6.07) is 8.43. The van der Waals surface area contributed by atoms with Crippen LogP contribution in [0.4, 0.5) is 14.5 Å². The van der Waals surface area contributed by atoms with Crippen molar-refractivity contribution < 1.29 is 17.2 Å². The third-order valence-corrected chi connectivity index (χ3v) is 4.36. The number of aryl methyl sites for hydroxylation is 1. The van der Waals surface area contributed by atoms with E-state index in [2.05, 4.69) is 5.32 Å². The van der Waals surface area contributed by atoms with E-state index in [1.807, 2.05) is 0 Å². The van der Waals surface area contributed by atoms with E-state index >= 15 is 0 Å². The molecule has 0 unspecified atom stereocenters. The van der Waals surface area contributed by atoms with Gasteiger partial charge in [-0.05, 0) is 36.8 Å². The molecule has 0 saturated carbocycles. The Morgan fingerprint density at radius 1 is 1.10 bits per heavy atom. The summed E-state index contributed by atoms with van der Waals surface area (Å²) in [6.45, 7) is 1.63. The van der Waals surface area contributed by atoms with E-state index < -0.39 is 21.5 Å². The molecule has 0 bridgehead atoms. The Morgan fingerprint density at radius 2 is 1.71 bits per heavy atom. The van der Waals surface area contributed by atoms with Gasteiger partial charge in [0.25, 0.3) is 0 Å². The zero-order valence-electron chi connectivity index (χ0n) is 11.7. The van der Waals surface area contributed by atoms with Crippen LogP contribution in [0.5, 0.6) is 0 Å². The van der Waals surface area contributed by atoms with Gasteiger partial charge in [-0.15, -0.1) is 0 Å². The van der Waals surface area contributed by atoms with Crippen LogP contribution in [0, 0.1) is 18.6 Å². The van der Waals surface area contributed by atoms with Crippen LogP contribution < -0.4 is 5.32 Å². The Labute approximate surface area is 122 Å². The average molecular weight is 311 g/mol. The lowest BCUT2D eigenvalue weighted by molar-refractivity contribution is 0.560. The first-order valence-corrected chi connectivity index (χ1v) is 8.15. The zero-order chi connectivity index (χ0) is 15.6. The highest BCUT2D eigenvalue weighted by atomic mass is 32.2. The van der Waals surface area contributed by atoms with Crippen molar-refractivity contribution in [1.29, 1.82) is 0 Å². The lowest BCUT2D eigenvalue weighted by Crippen LogP contribution is -2.06. The Balaban J connectivity index is 2.26. The van der Waals surface area contributed by atoms with Crippen LogP contribution in [0.1, 0.15) is 11.1 Å². The maximum Gasteiger partial charge on any atom is 0.175 e. The van der Waals surface area contributed by atoms with Gasteiger partial charge in [0.15, 0.2) is 9.84 Å². The molecule has 0 aliphatic heterocycles. The predicted octanol–water partition coefficient (Wildman–Crippen LogP) is 3.29. The number of hydrogen-bond acceptors (Lipinski definition) is 3. The molecule has 0 aromatic heterocycles. The normalized spacial score (nSPS) is 11.4. The molecule has 1 N–H and O–H groups in total. The molecule has 0 fully saturated rings. The minimum Gasteiger partial charge on any atom is -0.381 e. The highest BCUT2D eigenvalue weighted by Crippen LogP contribution is 2.21. The second kappa shape index (κ2) is 5.81. The van der Waals surface area contributed by atoms with Gasteiger partial charge in [0.1, 0.15) is 11.6 Å². The number of anilines is 1. The molecule has 2 aromatic rings. The molecule has 0 radical (unpaired) electrons. The van der Waals surface area contributed by atoms with Crippen LogP contribution in [-0.4, -0.2) is 14.7 Å². The predicted molar refractivity (Wildman–Crippen MR) is 78.0 cm³/mol. The van der Waals surface area contributed by atoms with Gasteiger partial charge in [0.2, 0.25) is 0 Å². The van der Waals surface area contributed by atoms with Crippen LogP contribution >= 0.6 is 0 Å². The Bertz CT molecular complexity index is 753. The van der Waals surface area contributed by atoms with E-state index in [9.17, 15) is 17.2 Å². The third kappa shape index (κ3) is 3.58. The molecule has 0 heterocycles. The Morgan fingerprint density at radius 3 is 2.29 bits per heavy atom. The molecule has 0 spiro atoms. The van der Waals surface area contributed by atoms with E-state index in [-0.39, 0.29) is 17.0 Å². The minimum absolute atomic E-state index is 0.0647. The van der Waals surface area contributed by atoms with E-state index in [4.69, 9.17) is 0 Å². The molecular weight excluding hydrogens is 296 g/mol. The highest BCUT2D eigenvalue weighted by Gasteiger charge is 2.12. The first-order valence-electron chi connectivity index (χ1n) is 6.26. The van der Waals surface area contributed by atoms with E-state index in [1.54, 1.807) is 19.1 Å².